The molecule has 2 rings (SSSR count). The normalized spacial score (nSPS) is 10.1. The summed E-state index contributed by atoms with van der Waals surface area (Å²) in [5.74, 6) is 0.916. The van der Waals surface area contributed by atoms with Gasteiger partial charge in [-0.05, 0) is 23.6 Å². The lowest BCUT2D eigenvalue weighted by Gasteiger charge is -2.12. The first-order valence-corrected chi connectivity index (χ1v) is 6.48. The van der Waals surface area contributed by atoms with E-state index in [1.807, 2.05) is 17.5 Å². The first-order chi connectivity index (χ1) is 8.74. The second kappa shape index (κ2) is 5.89. The van der Waals surface area contributed by atoms with Crippen LogP contribution in [0.5, 0.6) is 11.5 Å². The molecule has 0 saturated carbocycles. The quantitative estimate of drug-likeness (QED) is 0.783. The molecule has 0 amide bonds. The smallest absolute Gasteiger partial charge is 0.180 e. The number of aldehydes is 1. The summed E-state index contributed by atoms with van der Waals surface area (Å²) in [6.07, 6.45) is 0.720. The third-order valence-corrected chi connectivity index (χ3v) is 3.46. The highest BCUT2D eigenvalue weighted by atomic mass is 35.5. The molecule has 0 aliphatic rings. The van der Waals surface area contributed by atoms with E-state index in [0.29, 0.717) is 28.7 Å². The van der Waals surface area contributed by atoms with Gasteiger partial charge in [0.1, 0.15) is 12.9 Å². The zero-order chi connectivity index (χ0) is 13.0. The number of methoxy groups -OCH3 is 1. The van der Waals surface area contributed by atoms with E-state index in [4.69, 9.17) is 21.1 Å². The maximum absolute atomic E-state index is 10.7. The van der Waals surface area contributed by atoms with Crippen molar-refractivity contribution in [1.82, 2.24) is 0 Å². The van der Waals surface area contributed by atoms with E-state index in [9.17, 15) is 4.79 Å². The molecule has 0 saturated heterocycles. The molecule has 0 unspecified atom stereocenters. The minimum absolute atomic E-state index is 0.369. The molecule has 3 nitrogen and oxygen atoms in total. The van der Waals surface area contributed by atoms with E-state index in [2.05, 4.69) is 0 Å². The van der Waals surface area contributed by atoms with E-state index in [0.717, 1.165) is 11.2 Å². The van der Waals surface area contributed by atoms with Crippen LogP contribution in [0.25, 0.3) is 0 Å². The number of benzene rings is 1. The van der Waals surface area contributed by atoms with E-state index in [1.54, 1.807) is 23.5 Å². The minimum Gasteiger partial charge on any atom is -0.493 e. The number of thiophene rings is 1. The summed E-state index contributed by atoms with van der Waals surface area (Å²) < 4.78 is 10.8. The third kappa shape index (κ3) is 2.83. The van der Waals surface area contributed by atoms with Crippen molar-refractivity contribution in [2.75, 3.05) is 7.11 Å². The topological polar surface area (TPSA) is 35.5 Å². The highest BCUT2D eigenvalue weighted by molar-refractivity contribution is 7.09. The Balaban J connectivity index is 2.23. The Bertz CT molecular complexity index is 537. The fraction of sp³-hybridized carbons (Fsp3) is 0.154. The highest BCUT2D eigenvalue weighted by Crippen LogP contribution is 2.36. The number of halogens is 1. The van der Waals surface area contributed by atoms with Gasteiger partial charge < -0.3 is 9.47 Å². The second-order valence-corrected chi connectivity index (χ2v) is 4.96. The summed E-state index contributed by atoms with van der Waals surface area (Å²) in [6, 6.07) is 7.09. The molecule has 2 aromatic rings. The summed E-state index contributed by atoms with van der Waals surface area (Å²) in [5, 5.41) is 2.35. The molecule has 0 radical (unpaired) electrons. The molecular formula is C13H11ClO3S. The van der Waals surface area contributed by atoms with Gasteiger partial charge in [0, 0.05) is 10.4 Å². The van der Waals surface area contributed by atoms with Crippen molar-refractivity contribution in [3.63, 3.8) is 0 Å². The maximum atomic E-state index is 10.7. The molecule has 0 atom stereocenters. The monoisotopic (exact) mass is 282 g/mol. The predicted molar refractivity (Wildman–Crippen MR) is 72.0 cm³/mol. The number of carbonyl (C=O) groups is 1. The van der Waals surface area contributed by atoms with Gasteiger partial charge >= 0.3 is 0 Å². The molecule has 0 bridgehead atoms. The molecule has 0 aliphatic heterocycles. The zero-order valence-corrected chi connectivity index (χ0v) is 11.3. The average molecular weight is 283 g/mol. The lowest BCUT2D eigenvalue weighted by atomic mass is 10.2. The van der Waals surface area contributed by atoms with Crippen LogP contribution < -0.4 is 9.47 Å². The highest BCUT2D eigenvalue weighted by Gasteiger charge is 2.12. The number of hydrogen-bond acceptors (Lipinski definition) is 4. The fourth-order valence-corrected chi connectivity index (χ4v) is 2.38. The Morgan fingerprint density at radius 1 is 1.44 bits per heavy atom. The molecule has 94 valence electrons. The van der Waals surface area contributed by atoms with Crippen LogP contribution in [0.4, 0.5) is 0 Å². The van der Waals surface area contributed by atoms with Crippen molar-refractivity contribution in [1.29, 1.82) is 0 Å². The van der Waals surface area contributed by atoms with Crippen LogP contribution in [-0.2, 0) is 6.61 Å². The van der Waals surface area contributed by atoms with E-state index < -0.39 is 0 Å². The number of ether oxygens (including phenoxy) is 2. The molecule has 5 heteroatoms. The van der Waals surface area contributed by atoms with Crippen molar-refractivity contribution < 1.29 is 14.3 Å². The average Bonchev–Trinajstić information content (AvgIpc) is 2.89. The van der Waals surface area contributed by atoms with Gasteiger partial charge in [-0.25, -0.2) is 0 Å². The number of rotatable bonds is 5. The van der Waals surface area contributed by atoms with Gasteiger partial charge in [0.25, 0.3) is 0 Å². The van der Waals surface area contributed by atoms with Crippen LogP contribution in [-0.4, -0.2) is 13.4 Å². The maximum Gasteiger partial charge on any atom is 0.180 e. The van der Waals surface area contributed by atoms with Crippen LogP contribution in [0.2, 0.25) is 5.02 Å². The van der Waals surface area contributed by atoms with Crippen LogP contribution in [0.1, 0.15) is 15.2 Å². The van der Waals surface area contributed by atoms with Gasteiger partial charge in [0.2, 0.25) is 0 Å². The summed E-state index contributed by atoms with van der Waals surface area (Å²) in [6.45, 7) is 0.425. The standard InChI is InChI=1S/C13H11ClO3S/c1-16-12-6-9(7-15)5-11(14)13(12)17-8-10-3-2-4-18-10/h2-7H,8H2,1H3. The van der Waals surface area contributed by atoms with Crippen molar-refractivity contribution in [2.24, 2.45) is 0 Å². The van der Waals surface area contributed by atoms with Gasteiger partial charge in [0.15, 0.2) is 11.5 Å². The van der Waals surface area contributed by atoms with E-state index >= 15 is 0 Å². The Hall–Kier alpha value is -1.52. The first kappa shape index (κ1) is 12.9. The van der Waals surface area contributed by atoms with Gasteiger partial charge in [0.05, 0.1) is 12.1 Å². The SMILES string of the molecule is COc1cc(C=O)cc(Cl)c1OCc1cccs1. The first-order valence-electron chi connectivity index (χ1n) is 5.22. The van der Waals surface area contributed by atoms with Crippen molar-refractivity contribution in [2.45, 2.75) is 6.61 Å². The van der Waals surface area contributed by atoms with Crippen molar-refractivity contribution >= 4 is 29.2 Å². The lowest BCUT2D eigenvalue weighted by molar-refractivity contribution is 0.112. The minimum atomic E-state index is 0.369. The Morgan fingerprint density at radius 2 is 2.28 bits per heavy atom. The predicted octanol–water partition coefficient (Wildman–Crippen LogP) is 3.80. The Labute approximate surface area is 114 Å². The van der Waals surface area contributed by atoms with Crippen molar-refractivity contribution in [3.05, 3.63) is 45.1 Å². The van der Waals surface area contributed by atoms with E-state index in [-0.39, 0.29) is 0 Å². The summed E-state index contributed by atoms with van der Waals surface area (Å²) >= 11 is 7.68. The fourth-order valence-electron chi connectivity index (χ4n) is 1.49. The Morgan fingerprint density at radius 3 is 2.89 bits per heavy atom. The van der Waals surface area contributed by atoms with E-state index in [1.165, 1.54) is 7.11 Å². The molecule has 0 spiro atoms. The number of carbonyl (C=O) groups excluding carboxylic acids is 1. The van der Waals surface area contributed by atoms with Crippen LogP contribution in [0, 0.1) is 0 Å². The van der Waals surface area contributed by atoms with Gasteiger partial charge in [-0.1, -0.05) is 17.7 Å². The summed E-state index contributed by atoms with van der Waals surface area (Å²) in [7, 11) is 1.51. The second-order valence-electron chi connectivity index (χ2n) is 3.52. The Kier molecular flexibility index (Phi) is 4.23. The van der Waals surface area contributed by atoms with Crippen LogP contribution >= 0.6 is 22.9 Å². The molecule has 0 N–H and O–H groups in total. The molecule has 1 aromatic heterocycles. The van der Waals surface area contributed by atoms with Gasteiger partial charge in [-0.3, -0.25) is 4.79 Å². The van der Waals surface area contributed by atoms with Crippen LogP contribution in [0.15, 0.2) is 29.6 Å². The molecular weight excluding hydrogens is 272 g/mol. The third-order valence-electron chi connectivity index (χ3n) is 2.33. The molecule has 1 heterocycles. The van der Waals surface area contributed by atoms with Gasteiger partial charge in [-0.15, -0.1) is 11.3 Å². The summed E-state index contributed by atoms with van der Waals surface area (Å²) in [4.78, 5) is 11.8. The number of hydrogen-bond donors (Lipinski definition) is 0. The molecule has 0 fully saturated rings. The van der Waals surface area contributed by atoms with Crippen LogP contribution in [0.3, 0.4) is 0 Å². The zero-order valence-electron chi connectivity index (χ0n) is 9.68. The largest absolute Gasteiger partial charge is 0.493 e. The molecule has 1 aromatic carbocycles. The lowest BCUT2D eigenvalue weighted by Crippen LogP contribution is -1.98. The molecule has 18 heavy (non-hydrogen) atoms. The van der Waals surface area contributed by atoms with Crippen molar-refractivity contribution in [3.8, 4) is 11.5 Å². The van der Waals surface area contributed by atoms with Gasteiger partial charge in [-0.2, -0.15) is 0 Å². The molecule has 0 aliphatic carbocycles. The summed E-state index contributed by atoms with van der Waals surface area (Å²) in [5.41, 5.74) is 0.459.